The van der Waals surface area contributed by atoms with Crippen LogP contribution in [0.5, 0.6) is 0 Å². The van der Waals surface area contributed by atoms with Crippen LogP contribution in [0, 0.1) is 0 Å². The van der Waals surface area contributed by atoms with Gasteiger partial charge in [-0.3, -0.25) is 0 Å². The van der Waals surface area contributed by atoms with Crippen LogP contribution in [-0.2, 0) is 28.4 Å². The van der Waals surface area contributed by atoms with Gasteiger partial charge in [-0.15, -0.1) is 0 Å². The standard InChI is InChI=1S/C19H29FO7/c20-6-7-22-8-9-23-10-11-24-12-13-25-14-15-26-16-17-27-19(21)18-4-2-1-3-5-18/h1-5H,6-17H2. The lowest BCUT2D eigenvalue weighted by Gasteiger charge is -2.08. The molecule has 1 aromatic rings. The van der Waals surface area contributed by atoms with Crippen LogP contribution in [0.25, 0.3) is 0 Å². The molecule has 0 aliphatic heterocycles. The molecule has 0 unspecified atom stereocenters. The highest BCUT2D eigenvalue weighted by Crippen LogP contribution is 2.00. The number of halogens is 1. The maximum Gasteiger partial charge on any atom is 0.338 e. The van der Waals surface area contributed by atoms with Gasteiger partial charge in [-0.25, -0.2) is 9.18 Å². The Morgan fingerprint density at radius 3 is 1.48 bits per heavy atom. The van der Waals surface area contributed by atoms with Crippen molar-refractivity contribution in [1.82, 2.24) is 0 Å². The number of carbonyl (C=O) groups excluding carboxylic acids is 1. The third-order valence-electron chi connectivity index (χ3n) is 3.18. The molecule has 0 N–H and O–H groups in total. The van der Waals surface area contributed by atoms with Gasteiger partial charge in [0, 0.05) is 0 Å². The summed E-state index contributed by atoms with van der Waals surface area (Å²) >= 11 is 0. The third kappa shape index (κ3) is 14.2. The summed E-state index contributed by atoms with van der Waals surface area (Å²) in [6.45, 7) is 3.71. The Kier molecular flexibility index (Phi) is 15.5. The Morgan fingerprint density at radius 1 is 0.630 bits per heavy atom. The van der Waals surface area contributed by atoms with E-state index in [1.54, 1.807) is 24.3 Å². The van der Waals surface area contributed by atoms with Crippen molar-refractivity contribution in [3.05, 3.63) is 35.9 Å². The lowest BCUT2D eigenvalue weighted by atomic mass is 10.2. The van der Waals surface area contributed by atoms with Crippen molar-refractivity contribution >= 4 is 5.97 Å². The lowest BCUT2D eigenvalue weighted by molar-refractivity contribution is -0.0156. The number of alkyl halides is 1. The number of benzene rings is 1. The first kappa shape index (κ1) is 23.5. The second-order valence-electron chi connectivity index (χ2n) is 5.25. The van der Waals surface area contributed by atoms with Crippen LogP contribution in [0.3, 0.4) is 0 Å². The zero-order valence-corrected chi connectivity index (χ0v) is 15.6. The van der Waals surface area contributed by atoms with E-state index in [9.17, 15) is 9.18 Å². The van der Waals surface area contributed by atoms with Gasteiger partial charge >= 0.3 is 5.97 Å². The van der Waals surface area contributed by atoms with E-state index in [0.29, 0.717) is 65.0 Å². The molecule has 0 radical (unpaired) electrons. The van der Waals surface area contributed by atoms with Crippen molar-refractivity contribution in [2.24, 2.45) is 0 Å². The lowest BCUT2D eigenvalue weighted by Crippen LogP contribution is -2.15. The number of carbonyl (C=O) groups is 1. The predicted molar refractivity (Wildman–Crippen MR) is 96.8 cm³/mol. The molecule has 0 bridgehead atoms. The molecule has 0 aliphatic rings. The molecule has 0 aliphatic carbocycles. The quantitative estimate of drug-likeness (QED) is 0.281. The second kappa shape index (κ2) is 17.8. The summed E-state index contributed by atoms with van der Waals surface area (Å²) in [5.41, 5.74) is 0.524. The Hall–Kier alpha value is -1.58. The van der Waals surface area contributed by atoms with Gasteiger partial charge in [0.25, 0.3) is 0 Å². The number of hydrogen-bond acceptors (Lipinski definition) is 7. The topological polar surface area (TPSA) is 72.5 Å². The first-order valence-electron chi connectivity index (χ1n) is 9.01. The highest BCUT2D eigenvalue weighted by atomic mass is 19.1. The highest BCUT2D eigenvalue weighted by Gasteiger charge is 2.04. The fraction of sp³-hybridized carbons (Fsp3) is 0.632. The summed E-state index contributed by atoms with van der Waals surface area (Å²) in [5, 5.41) is 0. The maximum atomic E-state index is 11.7. The average Bonchev–Trinajstić information content (AvgIpc) is 2.70. The number of ether oxygens (including phenoxy) is 6. The van der Waals surface area contributed by atoms with Crippen LogP contribution in [0.2, 0.25) is 0 Å². The molecule has 0 saturated heterocycles. The minimum absolute atomic E-state index is 0.111. The van der Waals surface area contributed by atoms with Crippen molar-refractivity contribution in [2.75, 3.05) is 79.4 Å². The number of rotatable bonds is 18. The largest absolute Gasteiger partial charge is 0.460 e. The molecule has 0 saturated carbocycles. The van der Waals surface area contributed by atoms with E-state index in [4.69, 9.17) is 28.4 Å². The highest BCUT2D eigenvalue weighted by molar-refractivity contribution is 5.89. The van der Waals surface area contributed by atoms with E-state index in [1.807, 2.05) is 6.07 Å². The minimum atomic E-state index is -0.476. The summed E-state index contributed by atoms with van der Waals surface area (Å²) in [6, 6.07) is 8.82. The Bertz CT molecular complexity index is 459. The summed E-state index contributed by atoms with van der Waals surface area (Å²) in [7, 11) is 0. The van der Waals surface area contributed by atoms with E-state index in [-0.39, 0.29) is 19.2 Å². The summed E-state index contributed by atoms with van der Waals surface area (Å²) < 4.78 is 43.0. The van der Waals surface area contributed by atoms with E-state index < -0.39 is 6.67 Å². The van der Waals surface area contributed by atoms with Gasteiger partial charge < -0.3 is 28.4 Å². The Morgan fingerprint density at radius 2 is 1.04 bits per heavy atom. The predicted octanol–water partition coefficient (Wildman–Crippen LogP) is 1.90. The fourth-order valence-corrected chi connectivity index (χ4v) is 1.89. The fourth-order valence-electron chi connectivity index (χ4n) is 1.89. The Balaban J connectivity index is 1.75. The van der Waals surface area contributed by atoms with Crippen LogP contribution >= 0.6 is 0 Å². The molecule has 0 spiro atoms. The first-order valence-corrected chi connectivity index (χ1v) is 9.01. The van der Waals surface area contributed by atoms with Crippen molar-refractivity contribution in [2.45, 2.75) is 0 Å². The summed E-state index contributed by atoms with van der Waals surface area (Å²) in [4.78, 5) is 11.7. The van der Waals surface area contributed by atoms with Gasteiger partial charge in [0.1, 0.15) is 13.3 Å². The summed E-state index contributed by atoms with van der Waals surface area (Å²) in [5.74, 6) is -0.358. The van der Waals surface area contributed by atoms with Gasteiger partial charge in [-0.05, 0) is 12.1 Å². The van der Waals surface area contributed by atoms with Crippen LogP contribution in [0.4, 0.5) is 4.39 Å². The minimum Gasteiger partial charge on any atom is -0.460 e. The van der Waals surface area contributed by atoms with Gasteiger partial charge in [-0.2, -0.15) is 0 Å². The zero-order valence-electron chi connectivity index (χ0n) is 15.6. The van der Waals surface area contributed by atoms with Crippen molar-refractivity contribution < 1.29 is 37.6 Å². The van der Waals surface area contributed by atoms with E-state index in [1.165, 1.54) is 0 Å². The maximum absolute atomic E-state index is 11.7. The third-order valence-corrected chi connectivity index (χ3v) is 3.18. The van der Waals surface area contributed by atoms with E-state index in [2.05, 4.69) is 0 Å². The van der Waals surface area contributed by atoms with Gasteiger partial charge in [0.15, 0.2) is 0 Å². The average molecular weight is 388 g/mol. The SMILES string of the molecule is O=C(OCCOCCOCCOCCOCCOCCF)c1ccccc1. The zero-order chi connectivity index (χ0) is 19.4. The van der Waals surface area contributed by atoms with Crippen molar-refractivity contribution in [3.8, 4) is 0 Å². The molecule has 1 aromatic carbocycles. The Labute approximate surface area is 159 Å². The second-order valence-corrected chi connectivity index (χ2v) is 5.25. The van der Waals surface area contributed by atoms with Crippen LogP contribution in [0.15, 0.2) is 30.3 Å². The molecular weight excluding hydrogens is 359 g/mol. The molecule has 27 heavy (non-hydrogen) atoms. The molecule has 0 aromatic heterocycles. The molecule has 0 heterocycles. The molecule has 0 atom stereocenters. The van der Waals surface area contributed by atoms with E-state index >= 15 is 0 Å². The van der Waals surface area contributed by atoms with Crippen LogP contribution < -0.4 is 0 Å². The van der Waals surface area contributed by atoms with Crippen molar-refractivity contribution in [3.63, 3.8) is 0 Å². The van der Waals surface area contributed by atoms with Crippen molar-refractivity contribution in [1.29, 1.82) is 0 Å². The first-order chi connectivity index (χ1) is 13.3. The van der Waals surface area contributed by atoms with Crippen LogP contribution in [0.1, 0.15) is 10.4 Å². The molecule has 1 rings (SSSR count). The van der Waals surface area contributed by atoms with Gasteiger partial charge in [-0.1, -0.05) is 18.2 Å². The summed E-state index contributed by atoms with van der Waals surface area (Å²) in [6.07, 6.45) is 0. The molecular formula is C19H29FO7. The molecule has 154 valence electrons. The van der Waals surface area contributed by atoms with Crippen LogP contribution in [-0.4, -0.2) is 85.3 Å². The smallest absolute Gasteiger partial charge is 0.338 e. The van der Waals surface area contributed by atoms with Gasteiger partial charge in [0.2, 0.25) is 0 Å². The number of hydrogen-bond donors (Lipinski definition) is 0. The normalized spacial score (nSPS) is 10.9. The monoisotopic (exact) mass is 388 g/mol. The number of esters is 1. The van der Waals surface area contributed by atoms with E-state index in [0.717, 1.165) is 0 Å². The van der Waals surface area contributed by atoms with Gasteiger partial charge in [0.05, 0.1) is 71.6 Å². The molecule has 8 heteroatoms. The molecule has 7 nitrogen and oxygen atoms in total. The molecule has 0 fully saturated rings. The molecule has 0 amide bonds.